The van der Waals surface area contributed by atoms with E-state index in [0.29, 0.717) is 16.6 Å². The third-order valence-electron chi connectivity index (χ3n) is 3.73. The maximum absolute atomic E-state index is 12.0. The first-order valence-corrected chi connectivity index (χ1v) is 8.12. The maximum atomic E-state index is 12.0. The lowest BCUT2D eigenvalue weighted by Crippen LogP contribution is -2.44. The molecule has 2 aromatic heterocycles. The van der Waals surface area contributed by atoms with Gasteiger partial charge in [0.2, 0.25) is 5.89 Å². The number of carbonyl (C=O) groups is 1. The molecule has 23 heavy (non-hydrogen) atoms. The van der Waals surface area contributed by atoms with Gasteiger partial charge in [0.25, 0.3) is 5.91 Å². The van der Waals surface area contributed by atoms with Crippen LogP contribution in [-0.4, -0.2) is 47.6 Å². The second kappa shape index (κ2) is 7.87. The van der Waals surface area contributed by atoms with Gasteiger partial charge in [0.15, 0.2) is 5.82 Å². The Morgan fingerprint density at radius 1 is 1.61 bits per heavy atom. The Balaban J connectivity index is 0.00000192. The number of nitrogens with zero attached hydrogens (tertiary/aromatic N) is 3. The van der Waals surface area contributed by atoms with E-state index in [-0.39, 0.29) is 30.4 Å². The van der Waals surface area contributed by atoms with Crippen molar-refractivity contribution in [3.8, 4) is 0 Å². The fourth-order valence-corrected chi connectivity index (χ4v) is 3.02. The van der Waals surface area contributed by atoms with E-state index in [2.05, 4.69) is 25.7 Å². The van der Waals surface area contributed by atoms with Gasteiger partial charge in [-0.25, -0.2) is 0 Å². The van der Waals surface area contributed by atoms with Gasteiger partial charge >= 0.3 is 0 Å². The van der Waals surface area contributed by atoms with Gasteiger partial charge in [0.1, 0.15) is 6.04 Å². The van der Waals surface area contributed by atoms with Crippen LogP contribution in [0, 0.1) is 0 Å². The number of halogens is 1. The molecule has 0 aromatic carbocycles. The maximum Gasteiger partial charge on any atom is 0.261 e. The van der Waals surface area contributed by atoms with Crippen molar-refractivity contribution in [1.29, 1.82) is 0 Å². The fraction of sp³-hybridized carbons (Fsp3) is 0.500. The molecule has 1 saturated heterocycles. The lowest BCUT2D eigenvalue weighted by atomic mass is 10.2. The van der Waals surface area contributed by atoms with E-state index in [1.165, 1.54) is 11.3 Å². The summed E-state index contributed by atoms with van der Waals surface area (Å²) in [7, 11) is 2.05. The molecule has 1 amide bonds. The molecule has 0 aliphatic carbocycles. The van der Waals surface area contributed by atoms with E-state index < -0.39 is 0 Å². The van der Waals surface area contributed by atoms with E-state index in [0.717, 1.165) is 19.6 Å². The number of hydrogen-bond acceptors (Lipinski definition) is 7. The Kier molecular flexibility index (Phi) is 6.11. The van der Waals surface area contributed by atoms with Gasteiger partial charge in [0.05, 0.1) is 10.9 Å². The molecular weight excluding hydrogens is 338 g/mol. The number of hydrogen-bond donors (Lipinski definition) is 2. The molecule has 2 unspecified atom stereocenters. The summed E-state index contributed by atoms with van der Waals surface area (Å²) in [6.45, 7) is 4.54. The van der Waals surface area contributed by atoms with Gasteiger partial charge in [0, 0.05) is 19.6 Å². The monoisotopic (exact) mass is 357 g/mol. The SMILES string of the molecule is CC(NC(=O)c1cccs1)c1nc(C2CNCCN2C)no1.Cl. The highest BCUT2D eigenvalue weighted by molar-refractivity contribution is 7.12. The van der Waals surface area contributed by atoms with Crippen LogP contribution in [0.4, 0.5) is 0 Å². The highest BCUT2D eigenvalue weighted by atomic mass is 35.5. The summed E-state index contributed by atoms with van der Waals surface area (Å²) >= 11 is 1.40. The molecule has 0 bridgehead atoms. The number of amides is 1. The fourth-order valence-electron chi connectivity index (χ4n) is 2.39. The predicted octanol–water partition coefficient (Wildman–Crippen LogP) is 1.62. The summed E-state index contributed by atoms with van der Waals surface area (Å²) in [4.78, 5) is 19.4. The highest BCUT2D eigenvalue weighted by Crippen LogP contribution is 2.20. The van der Waals surface area contributed by atoms with Crippen LogP contribution in [-0.2, 0) is 0 Å². The minimum Gasteiger partial charge on any atom is -0.340 e. The minimum atomic E-state index is -0.322. The van der Waals surface area contributed by atoms with Crippen molar-refractivity contribution in [2.75, 3.05) is 26.7 Å². The average molecular weight is 358 g/mol. The van der Waals surface area contributed by atoms with E-state index in [1.807, 2.05) is 25.4 Å². The van der Waals surface area contributed by atoms with Crippen LogP contribution in [0.15, 0.2) is 22.0 Å². The minimum absolute atomic E-state index is 0. The molecule has 3 heterocycles. The van der Waals surface area contributed by atoms with Crippen molar-refractivity contribution in [3.63, 3.8) is 0 Å². The van der Waals surface area contributed by atoms with Gasteiger partial charge in [-0.3, -0.25) is 9.69 Å². The van der Waals surface area contributed by atoms with Crippen molar-refractivity contribution in [2.24, 2.45) is 0 Å². The van der Waals surface area contributed by atoms with Crippen molar-refractivity contribution in [3.05, 3.63) is 34.1 Å². The first-order valence-electron chi connectivity index (χ1n) is 7.24. The average Bonchev–Trinajstić information content (AvgIpc) is 3.19. The van der Waals surface area contributed by atoms with Gasteiger partial charge < -0.3 is 15.2 Å². The second-order valence-electron chi connectivity index (χ2n) is 5.36. The molecular formula is C14H20ClN5O2S. The molecule has 1 aliphatic heterocycles. The van der Waals surface area contributed by atoms with Crippen molar-refractivity contribution in [1.82, 2.24) is 25.7 Å². The third kappa shape index (κ3) is 4.08. The first kappa shape index (κ1) is 17.9. The second-order valence-corrected chi connectivity index (χ2v) is 6.31. The molecule has 2 aromatic rings. The number of carbonyl (C=O) groups excluding carboxylic acids is 1. The summed E-state index contributed by atoms with van der Waals surface area (Å²) in [5.74, 6) is 0.958. The number of rotatable bonds is 4. The zero-order chi connectivity index (χ0) is 15.5. The first-order chi connectivity index (χ1) is 10.6. The molecule has 126 valence electrons. The molecule has 2 atom stereocenters. The smallest absolute Gasteiger partial charge is 0.261 e. The van der Waals surface area contributed by atoms with Gasteiger partial charge in [-0.2, -0.15) is 4.98 Å². The van der Waals surface area contributed by atoms with Crippen LogP contribution in [0.2, 0.25) is 0 Å². The van der Waals surface area contributed by atoms with Crippen LogP contribution in [0.5, 0.6) is 0 Å². The zero-order valence-electron chi connectivity index (χ0n) is 13.0. The Bertz CT molecular complexity index is 633. The number of nitrogens with one attached hydrogen (secondary N) is 2. The normalized spacial score (nSPS) is 19.8. The molecule has 0 radical (unpaired) electrons. The van der Waals surface area contributed by atoms with Crippen molar-refractivity contribution >= 4 is 29.7 Å². The topological polar surface area (TPSA) is 83.3 Å². The number of piperazine rings is 1. The third-order valence-corrected chi connectivity index (χ3v) is 4.60. The quantitative estimate of drug-likeness (QED) is 0.865. The Hall–Kier alpha value is -1.48. The lowest BCUT2D eigenvalue weighted by molar-refractivity contribution is 0.0936. The molecule has 7 nitrogen and oxygen atoms in total. The number of thiophene rings is 1. The van der Waals surface area contributed by atoms with E-state index in [4.69, 9.17) is 4.52 Å². The summed E-state index contributed by atoms with van der Waals surface area (Å²) in [5, 5.41) is 12.1. The van der Waals surface area contributed by atoms with Crippen LogP contribution in [0.1, 0.15) is 40.4 Å². The van der Waals surface area contributed by atoms with E-state index in [9.17, 15) is 4.79 Å². The molecule has 1 aliphatic rings. The standard InChI is InChI=1S/C14H19N5O2S.ClH/c1-9(16-13(20)11-4-3-7-22-11)14-17-12(18-21-14)10-8-15-5-6-19(10)2;/h3-4,7,9-10,15H,5-6,8H2,1-2H3,(H,16,20);1H. The van der Waals surface area contributed by atoms with Crippen LogP contribution in [0.25, 0.3) is 0 Å². The highest BCUT2D eigenvalue weighted by Gasteiger charge is 2.26. The van der Waals surface area contributed by atoms with Gasteiger partial charge in [-0.1, -0.05) is 11.2 Å². The largest absolute Gasteiger partial charge is 0.340 e. The van der Waals surface area contributed by atoms with Crippen molar-refractivity contribution in [2.45, 2.75) is 19.0 Å². The Labute approximate surface area is 144 Å². The molecule has 0 saturated carbocycles. The zero-order valence-corrected chi connectivity index (χ0v) is 14.6. The lowest BCUT2D eigenvalue weighted by Gasteiger charge is -2.30. The molecule has 1 fully saturated rings. The molecule has 0 spiro atoms. The summed E-state index contributed by atoms with van der Waals surface area (Å²) < 4.78 is 5.32. The predicted molar refractivity (Wildman–Crippen MR) is 90.0 cm³/mol. The summed E-state index contributed by atoms with van der Waals surface area (Å²) in [6, 6.07) is 3.42. The summed E-state index contributed by atoms with van der Waals surface area (Å²) in [5.41, 5.74) is 0. The molecule has 2 N–H and O–H groups in total. The molecule has 3 rings (SSSR count). The van der Waals surface area contributed by atoms with Gasteiger partial charge in [-0.05, 0) is 25.4 Å². The van der Waals surface area contributed by atoms with Crippen molar-refractivity contribution < 1.29 is 9.32 Å². The van der Waals surface area contributed by atoms with Crippen LogP contribution >= 0.6 is 23.7 Å². The van der Waals surface area contributed by atoms with Gasteiger partial charge in [-0.15, -0.1) is 23.7 Å². The molecule has 9 heteroatoms. The Morgan fingerprint density at radius 2 is 2.43 bits per heavy atom. The van der Waals surface area contributed by atoms with Crippen LogP contribution < -0.4 is 10.6 Å². The van der Waals surface area contributed by atoms with E-state index >= 15 is 0 Å². The Morgan fingerprint density at radius 3 is 3.13 bits per heavy atom. The summed E-state index contributed by atoms with van der Waals surface area (Å²) in [6.07, 6.45) is 0. The van der Waals surface area contributed by atoms with Crippen LogP contribution in [0.3, 0.4) is 0 Å². The van der Waals surface area contributed by atoms with E-state index in [1.54, 1.807) is 6.07 Å². The number of aromatic nitrogens is 2. The number of likely N-dealkylation sites (N-methyl/N-ethyl adjacent to an activating group) is 1.